The largest absolute Gasteiger partial charge is 0.380 e. The molecule has 0 atom stereocenters. The van der Waals surface area contributed by atoms with E-state index < -0.39 is 9.84 Å². The molecule has 1 aliphatic heterocycles. The second-order valence-corrected chi connectivity index (χ2v) is 10.0. The van der Waals surface area contributed by atoms with Gasteiger partial charge in [-0.15, -0.1) is 0 Å². The summed E-state index contributed by atoms with van der Waals surface area (Å²) in [5, 5.41) is 3.25. The number of ketones is 1. The van der Waals surface area contributed by atoms with Gasteiger partial charge in [0.1, 0.15) is 11.5 Å². The normalized spacial score (nSPS) is 15.6. The molecule has 30 heavy (non-hydrogen) atoms. The summed E-state index contributed by atoms with van der Waals surface area (Å²) < 4.78 is 30.0. The Morgan fingerprint density at radius 2 is 2.00 bits per heavy atom. The van der Waals surface area contributed by atoms with Gasteiger partial charge in [0, 0.05) is 37.8 Å². The van der Waals surface area contributed by atoms with Crippen LogP contribution in [0, 0.1) is 5.92 Å². The van der Waals surface area contributed by atoms with Crippen LogP contribution in [0.25, 0.3) is 0 Å². The summed E-state index contributed by atoms with van der Waals surface area (Å²) in [6.45, 7) is 2.26. The highest BCUT2D eigenvalue weighted by Gasteiger charge is 2.30. The van der Waals surface area contributed by atoms with E-state index in [0.29, 0.717) is 35.8 Å². The summed E-state index contributed by atoms with van der Waals surface area (Å²) in [6, 6.07) is 7.00. The zero-order valence-corrected chi connectivity index (χ0v) is 18.2. The number of nitrogens with zero attached hydrogens (tertiary/aromatic N) is 2. The predicted octanol–water partition coefficient (Wildman–Crippen LogP) is 3.55. The second kappa shape index (κ2) is 7.92. The number of Topliss-reactive ketones (excluding diaryl/α,β-unsaturated/α-hetero) is 1. The molecule has 0 bridgehead atoms. The molecule has 8 heteroatoms. The third-order valence-corrected chi connectivity index (χ3v) is 6.39. The van der Waals surface area contributed by atoms with Crippen LogP contribution >= 0.6 is 0 Å². The van der Waals surface area contributed by atoms with Gasteiger partial charge in [0.2, 0.25) is 0 Å². The highest BCUT2D eigenvalue weighted by molar-refractivity contribution is 7.90. The Labute approximate surface area is 176 Å². The van der Waals surface area contributed by atoms with Crippen LogP contribution < -0.4 is 5.32 Å². The second-order valence-electron chi connectivity index (χ2n) is 8.06. The SMILES string of the molecule is COCc1ccc(Nc2cc(CC(=O)C3CC3)nc3c2N=C(C)C3)c(S(C)(=O)=O)c1. The van der Waals surface area contributed by atoms with Crippen molar-refractivity contribution in [1.82, 2.24) is 4.98 Å². The quantitative estimate of drug-likeness (QED) is 0.692. The summed E-state index contributed by atoms with van der Waals surface area (Å²) in [4.78, 5) is 21.8. The van der Waals surface area contributed by atoms with Crippen LogP contribution in [-0.4, -0.2) is 38.3 Å². The molecule has 0 unspecified atom stereocenters. The van der Waals surface area contributed by atoms with Gasteiger partial charge in [0.05, 0.1) is 34.3 Å². The maximum absolute atomic E-state index is 12.4. The van der Waals surface area contributed by atoms with E-state index in [2.05, 4.69) is 15.3 Å². The lowest BCUT2D eigenvalue weighted by Crippen LogP contribution is -2.09. The minimum atomic E-state index is -3.47. The number of carbonyl (C=O) groups is 1. The maximum Gasteiger partial charge on any atom is 0.177 e. The number of methoxy groups -OCH3 is 1. The van der Waals surface area contributed by atoms with E-state index in [-0.39, 0.29) is 23.0 Å². The van der Waals surface area contributed by atoms with Gasteiger partial charge < -0.3 is 10.1 Å². The number of nitrogens with one attached hydrogen (secondary N) is 1. The Bertz CT molecular complexity index is 1150. The van der Waals surface area contributed by atoms with E-state index in [4.69, 9.17) is 4.74 Å². The molecule has 2 aromatic rings. The first-order valence-corrected chi connectivity index (χ1v) is 11.8. The Hall–Kier alpha value is -2.58. The van der Waals surface area contributed by atoms with Crippen molar-refractivity contribution in [2.24, 2.45) is 10.9 Å². The topological polar surface area (TPSA) is 97.7 Å². The molecular weight excluding hydrogens is 402 g/mol. The highest BCUT2D eigenvalue weighted by atomic mass is 32.2. The van der Waals surface area contributed by atoms with Crippen LogP contribution in [0.4, 0.5) is 17.1 Å². The molecular formula is C22H25N3O4S. The Morgan fingerprint density at radius 3 is 2.67 bits per heavy atom. The minimum Gasteiger partial charge on any atom is -0.380 e. The molecule has 0 saturated heterocycles. The maximum atomic E-state index is 12.4. The zero-order valence-electron chi connectivity index (χ0n) is 17.4. The molecule has 0 spiro atoms. The number of pyridine rings is 1. The van der Waals surface area contributed by atoms with Gasteiger partial charge in [0.25, 0.3) is 0 Å². The fraction of sp³-hybridized carbons (Fsp3) is 0.409. The van der Waals surface area contributed by atoms with Crippen molar-refractivity contribution >= 4 is 38.4 Å². The third kappa shape index (κ3) is 4.44. The van der Waals surface area contributed by atoms with Crippen LogP contribution in [0.2, 0.25) is 0 Å². The molecule has 7 nitrogen and oxygen atoms in total. The number of carbonyl (C=O) groups excluding carboxylic acids is 1. The van der Waals surface area contributed by atoms with Gasteiger partial charge in [0.15, 0.2) is 9.84 Å². The van der Waals surface area contributed by atoms with Crippen LogP contribution in [0.1, 0.15) is 36.7 Å². The molecule has 1 aliphatic carbocycles. The Balaban J connectivity index is 1.73. The number of aromatic nitrogens is 1. The van der Waals surface area contributed by atoms with Crippen molar-refractivity contribution in [1.29, 1.82) is 0 Å². The lowest BCUT2D eigenvalue weighted by molar-refractivity contribution is -0.119. The van der Waals surface area contributed by atoms with Gasteiger partial charge in [-0.2, -0.15) is 0 Å². The predicted molar refractivity (Wildman–Crippen MR) is 116 cm³/mol. The van der Waals surface area contributed by atoms with E-state index in [1.165, 1.54) is 6.26 Å². The molecule has 1 aromatic heterocycles. The monoisotopic (exact) mass is 427 g/mol. The molecule has 4 rings (SSSR count). The summed E-state index contributed by atoms with van der Waals surface area (Å²) in [7, 11) is -1.91. The number of hydrogen-bond acceptors (Lipinski definition) is 7. The van der Waals surface area contributed by atoms with Gasteiger partial charge in [-0.05, 0) is 43.5 Å². The summed E-state index contributed by atoms with van der Waals surface area (Å²) in [5.74, 6) is 0.379. The number of aliphatic imine (C=N–C) groups is 1. The molecule has 158 valence electrons. The van der Waals surface area contributed by atoms with Crippen molar-refractivity contribution < 1.29 is 17.9 Å². The number of sulfone groups is 1. The first kappa shape index (κ1) is 20.7. The van der Waals surface area contributed by atoms with Crippen LogP contribution in [-0.2, 0) is 38.8 Å². The molecule has 2 aliphatic rings. The molecule has 0 amide bonds. The molecule has 0 radical (unpaired) electrons. The molecule has 2 heterocycles. The number of rotatable bonds is 8. The van der Waals surface area contributed by atoms with Crippen LogP contribution in [0.5, 0.6) is 0 Å². The lowest BCUT2D eigenvalue weighted by Gasteiger charge is -2.15. The van der Waals surface area contributed by atoms with Gasteiger partial charge in [-0.3, -0.25) is 14.8 Å². The fourth-order valence-electron chi connectivity index (χ4n) is 3.66. The van der Waals surface area contributed by atoms with Crippen LogP contribution in [0.3, 0.4) is 0 Å². The standard InChI is InChI=1S/C22H25N3O4S/c1-13-8-18-22(23-13)19(10-16(24-18)11-20(26)15-5-6-15)25-17-7-4-14(12-29-2)9-21(17)30(3,27)28/h4,7,9-10,15H,5-6,8,11-12H2,1-3H3,(H,24,25). The van der Waals surface area contributed by atoms with Gasteiger partial charge in [-0.25, -0.2) is 8.42 Å². The van der Waals surface area contributed by atoms with Gasteiger partial charge in [-0.1, -0.05) is 6.07 Å². The van der Waals surface area contributed by atoms with Crippen molar-refractivity contribution in [3.63, 3.8) is 0 Å². The van der Waals surface area contributed by atoms with Crippen molar-refractivity contribution in [3.8, 4) is 0 Å². The average molecular weight is 428 g/mol. The van der Waals surface area contributed by atoms with E-state index in [1.807, 2.05) is 19.1 Å². The van der Waals surface area contributed by atoms with Crippen molar-refractivity contribution in [2.75, 3.05) is 18.7 Å². The average Bonchev–Trinajstić information content (AvgIpc) is 3.44. The molecule has 1 aromatic carbocycles. The van der Waals surface area contributed by atoms with Crippen LogP contribution in [0.15, 0.2) is 34.2 Å². The zero-order chi connectivity index (χ0) is 21.5. The molecule has 1 N–H and O–H groups in total. The lowest BCUT2D eigenvalue weighted by atomic mass is 10.1. The van der Waals surface area contributed by atoms with Crippen molar-refractivity contribution in [3.05, 3.63) is 41.2 Å². The van der Waals surface area contributed by atoms with Gasteiger partial charge >= 0.3 is 0 Å². The highest BCUT2D eigenvalue weighted by Crippen LogP contribution is 2.38. The molecule has 1 fully saturated rings. The first-order valence-electron chi connectivity index (χ1n) is 9.93. The van der Waals surface area contributed by atoms with E-state index in [0.717, 1.165) is 29.8 Å². The smallest absolute Gasteiger partial charge is 0.177 e. The first-order chi connectivity index (χ1) is 14.2. The van der Waals surface area contributed by atoms with E-state index >= 15 is 0 Å². The summed E-state index contributed by atoms with van der Waals surface area (Å²) >= 11 is 0. The number of anilines is 2. The summed E-state index contributed by atoms with van der Waals surface area (Å²) in [6.07, 6.45) is 4.02. The van der Waals surface area contributed by atoms with E-state index in [9.17, 15) is 13.2 Å². The van der Waals surface area contributed by atoms with Crippen molar-refractivity contribution in [2.45, 2.75) is 44.1 Å². The third-order valence-electron chi connectivity index (χ3n) is 5.26. The minimum absolute atomic E-state index is 0.166. The number of ether oxygens (including phenoxy) is 1. The summed E-state index contributed by atoms with van der Waals surface area (Å²) in [5.41, 5.74) is 5.04. The number of fused-ring (bicyclic) bond motifs is 1. The number of hydrogen-bond donors (Lipinski definition) is 1. The Morgan fingerprint density at radius 1 is 1.23 bits per heavy atom. The molecule has 1 saturated carbocycles. The van der Waals surface area contributed by atoms with E-state index in [1.54, 1.807) is 19.2 Å². The Kier molecular flexibility index (Phi) is 5.46. The number of benzene rings is 1. The fourth-order valence-corrected chi connectivity index (χ4v) is 4.55.